The van der Waals surface area contributed by atoms with Gasteiger partial charge < -0.3 is 9.47 Å². The molecule has 25 heavy (non-hydrogen) atoms. The van der Waals surface area contributed by atoms with Gasteiger partial charge in [0.15, 0.2) is 0 Å². The lowest BCUT2D eigenvalue weighted by Crippen LogP contribution is -2.10. The molecule has 0 aliphatic heterocycles. The van der Waals surface area contributed by atoms with Crippen LogP contribution in [0, 0.1) is 0 Å². The lowest BCUT2D eigenvalue weighted by atomic mass is 10.1. The number of ether oxygens (including phenoxy) is 2. The SMILES string of the molecule is C=CCOc1ccccc1C(=O)Oc1ccc(-c2ccccc2)cc1. The second-order valence-corrected chi connectivity index (χ2v) is 5.38. The highest BCUT2D eigenvalue weighted by Gasteiger charge is 2.14. The van der Waals surface area contributed by atoms with Gasteiger partial charge in [0, 0.05) is 0 Å². The maximum atomic E-state index is 12.4. The van der Waals surface area contributed by atoms with Gasteiger partial charge in [-0.05, 0) is 35.4 Å². The van der Waals surface area contributed by atoms with Crippen molar-refractivity contribution in [1.82, 2.24) is 0 Å². The summed E-state index contributed by atoms with van der Waals surface area (Å²) >= 11 is 0. The van der Waals surface area contributed by atoms with E-state index in [2.05, 4.69) is 6.58 Å². The van der Waals surface area contributed by atoms with E-state index in [1.807, 2.05) is 48.5 Å². The summed E-state index contributed by atoms with van der Waals surface area (Å²) < 4.78 is 11.0. The van der Waals surface area contributed by atoms with Gasteiger partial charge in [-0.25, -0.2) is 4.79 Å². The van der Waals surface area contributed by atoms with Crippen LogP contribution in [0.4, 0.5) is 0 Å². The summed E-state index contributed by atoms with van der Waals surface area (Å²) in [5, 5.41) is 0. The van der Waals surface area contributed by atoms with E-state index < -0.39 is 5.97 Å². The number of hydrogen-bond donors (Lipinski definition) is 0. The monoisotopic (exact) mass is 330 g/mol. The molecule has 0 aliphatic carbocycles. The third-order valence-electron chi connectivity index (χ3n) is 3.64. The number of carbonyl (C=O) groups excluding carboxylic acids is 1. The van der Waals surface area contributed by atoms with Crippen molar-refractivity contribution in [3.63, 3.8) is 0 Å². The van der Waals surface area contributed by atoms with Crippen molar-refractivity contribution >= 4 is 5.97 Å². The molecule has 0 aliphatic rings. The standard InChI is InChI=1S/C22H18O3/c1-2-16-24-21-11-7-6-10-20(21)22(23)25-19-14-12-18(13-15-19)17-8-4-3-5-9-17/h2-15H,1,16H2. The molecule has 0 aromatic heterocycles. The zero-order valence-electron chi connectivity index (χ0n) is 13.7. The number of rotatable bonds is 6. The fourth-order valence-electron chi connectivity index (χ4n) is 2.42. The van der Waals surface area contributed by atoms with E-state index >= 15 is 0 Å². The molecule has 3 nitrogen and oxygen atoms in total. The molecular weight excluding hydrogens is 312 g/mol. The molecule has 0 saturated heterocycles. The van der Waals surface area contributed by atoms with Gasteiger partial charge in [0.1, 0.15) is 23.7 Å². The normalized spacial score (nSPS) is 10.1. The quantitative estimate of drug-likeness (QED) is 0.357. The minimum Gasteiger partial charge on any atom is -0.489 e. The van der Waals surface area contributed by atoms with Crippen molar-refractivity contribution in [3.8, 4) is 22.6 Å². The van der Waals surface area contributed by atoms with E-state index in [4.69, 9.17) is 9.47 Å². The molecule has 0 unspecified atom stereocenters. The Labute approximate surface area is 147 Å². The first-order valence-electron chi connectivity index (χ1n) is 7.98. The number of esters is 1. The zero-order valence-corrected chi connectivity index (χ0v) is 13.7. The van der Waals surface area contributed by atoms with Crippen molar-refractivity contribution in [3.05, 3.63) is 97.1 Å². The van der Waals surface area contributed by atoms with Gasteiger partial charge in [0.25, 0.3) is 0 Å². The van der Waals surface area contributed by atoms with Crippen molar-refractivity contribution in [2.24, 2.45) is 0 Å². The van der Waals surface area contributed by atoms with Crippen molar-refractivity contribution in [2.45, 2.75) is 0 Å². The number of para-hydroxylation sites is 1. The first-order chi connectivity index (χ1) is 12.3. The molecule has 0 amide bonds. The Morgan fingerprint density at radius 3 is 2.20 bits per heavy atom. The third kappa shape index (κ3) is 4.15. The predicted octanol–water partition coefficient (Wildman–Crippen LogP) is 5.14. The average Bonchev–Trinajstić information content (AvgIpc) is 2.68. The summed E-state index contributed by atoms with van der Waals surface area (Å²) in [7, 11) is 0. The van der Waals surface area contributed by atoms with E-state index in [1.54, 1.807) is 36.4 Å². The molecule has 124 valence electrons. The Kier molecular flexibility index (Phi) is 5.27. The minimum absolute atomic E-state index is 0.329. The first-order valence-corrected chi connectivity index (χ1v) is 7.98. The van der Waals surface area contributed by atoms with Crippen LogP contribution in [0.5, 0.6) is 11.5 Å². The van der Waals surface area contributed by atoms with E-state index in [-0.39, 0.29) is 0 Å². The molecule has 0 N–H and O–H groups in total. The van der Waals surface area contributed by atoms with E-state index in [0.717, 1.165) is 11.1 Å². The topological polar surface area (TPSA) is 35.5 Å². The number of benzene rings is 3. The van der Waals surface area contributed by atoms with Gasteiger partial charge in [-0.1, -0.05) is 67.3 Å². The number of hydrogen-bond acceptors (Lipinski definition) is 3. The number of carbonyl (C=O) groups is 1. The van der Waals surface area contributed by atoms with Gasteiger partial charge in [-0.15, -0.1) is 0 Å². The highest BCUT2D eigenvalue weighted by Crippen LogP contribution is 2.24. The zero-order chi connectivity index (χ0) is 17.5. The lowest BCUT2D eigenvalue weighted by Gasteiger charge is -2.10. The molecule has 3 aromatic rings. The Morgan fingerprint density at radius 1 is 0.840 bits per heavy atom. The highest BCUT2D eigenvalue weighted by molar-refractivity contribution is 5.94. The summed E-state index contributed by atoms with van der Waals surface area (Å²) in [5.74, 6) is 0.517. The van der Waals surface area contributed by atoms with E-state index in [0.29, 0.717) is 23.7 Å². The fraction of sp³-hybridized carbons (Fsp3) is 0.0455. The summed E-state index contributed by atoms with van der Waals surface area (Å²) in [5.41, 5.74) is 2.56. The Morgan fingerprint density at radius 2 is 1.48 bits per heavy atom. The maximum absolute atomic E-state index is 12.4. The van der Waals surface area contributed by atoms with Gasteiger partial charge in [0.05, 0.1) is 0 Å². The average molecular weight is 330 g/mol. The summed E-state index contributed by atoms with van der Waals surface area (Å²) in [4.78, 5) is 12.4. The minimum atomic E-state index is -0.452. The predicted molar refractivity (Wildman–Crippen MR) is 99.0 cm³/mol. The molecule has 0 saturated carbocycles. The van der Waals surface area contributed by atoms with Crippen LogP contribution in [0.15, 0.2) is 91.5 Å². The van der Waals surface area contributed by atoms with Crippen molar-refractivity contribution < 1.29 is 14.3 Å². The molecule has 0 spiro atoms. The van der Waals surface area contributed by atoms with E-state index in [1.165, 1.54) is 0 Å². The second kappa shape index (κ2) is 7.97. The molecular formula is C22H18O3. The fourth-order valence-corrected chi connectivity index (χ4v) is 2.42. The molecule has 0 fully saturated rings. The van der Waals surface area contributed by atoms with Gasteiger partial charge in [0.2, 0.25) is 0 Å². The van der Waals surface area contributed by atoms with Crippen LogP contribution in [0.2, 0.25) is 0 Å². The molecule has 3 aromatic carbocycles. The Balaban J connectivity index is 1.74. The second-order valence-electron chi connectivity index (χ2n) is 5.38. The van der Waals surface area contributed by atoms with Crippen molar-refractivity contribution in [2.75, 3.05) is 6.61 Å². The van der Waals surface area contributed by atoms with Crippen LogP contribution in [0.25, 0.3) is 11.1 Å². The first kappa shape index (κ1) is 16.5. The van der Waals surface area contributed by atoms with Crippen molar-refractivity contribution in [1.29, 1.82) is 0 Å². The van der Waals surface area contributed by atoms with Crippen LogP contribution in [-0.4, -0.2) is 12.6 Å². The molecule has 0 bridgehead atoms. The summed E-state index contributed by atoms with van der Waals surface area (Å²) in [6.07, 6.45) is 1.63. The lowest BCUT2D eigenvalue weighted by molar-refractivity contribution is 0.0731. The molecule has 3 heteroatoms. The molecule has 3 rings (SSSR count). The molecule has 0 atom stereocenters. The van der Waals surface area contributed by atoms with Gasteiger partial charge in [-0.3, -0.25) is 0 Å². The third-order valence-corrected chi connectivity index (χ3v) is 3.64. The van der Waals surface area contributed by atoms with Crippen LogP contribution in [0.1, 0.15) is 10.4 Å². The Bertz CT molecular complexity index is 852. The van der Waals surface area contributed by atoms with Crippen LogP contribution in [-0.2, 0) is 0 Å². The molecule has 0 radical (unpaired) electrons. The molecule has 0 heterocycles. The van der Waals surface area contributed by atoms with E-state index in [9.17, 15) is 4.79 Å². The van der Waals surface area contributed by atoms with Crippen LogP contribution < -0.4 is 9.47 Å². The summed E-state index contributed by atoms with van der Waals surface area (Å²) in [6.45, 7) is 3.94. The van der Waals surface area contributed by atoms with Gasteiger partial charge >= 0.3 is 5.97 Å². The summed E-state index contributed by atoms with van der Waals surface area (Å²) in [6, 6.07) is 24.5. The maximum Gasteiger partial charge on any atom is 0.347 e. The van der Waals surface area contributed by atoms with Gasteiger partial charge in [-0.2, -0.15) is 0 Å². The Hall–Kier alpha value is -3.33. The van der Waals surface area contributed by atoms with Crippen LogP contribution in [0.3, 0.4) is 0 Å². The smallest absolute Gasteiger partial charge is 0.347 e. The highest BCUT2D eigenvalue weighted by atomic mass is 16.5. The largest absolute Gasteiger partial charge is 0.489 e. The van der Waals surface area contributed by atoms with Crippen LogP contribution >= 0.6 is 0 Å².